The monoisotopic (exact) mass is 572 g/mol. The summed E-state index contributed by atoms with van der Waals surface area (Å²) in [6, 6.07) is 1.75. The molecule has 200 valence electrons. The van der Waals surface area contributed by atoms with E-state index in [-0.39, 0.29) is 50.7 Å². The van der Waals surface area contributed by atoms with Crippen LogP contribution in [0.4, 0.5) is 23.2 Å². The first-order chi connectivity index (χ1) is 17.8. The number of terminal acetylenes is 1. The molecule has 15 heteroatoms. The average molecular weight is 573 g/mol. The molecule has 0 spiro atoms. The summed E-state index contributed by atoms with van der Waals surface area (Å²) in [5.41, 5.74) is -5.35. The van der Waals surface area contributed by atoms with Gasteiger partial charge in [-0.15, -0.1) is 13.0 Å². The van der Waals surface area contributed by atoms with Crippen LogP contribution < -0.4 is 11.2 Å². The highest BCUT2D eigenvalue weighted by Crippen LogP contribution is 2.35. The molecule has 2 heterocycles. The topological polar surface area (TPSA) is 103 Å². The van der Waals surface area contributed by atoms with Crippen molar-refractivity contribution in [1.82, 2.24) is 14.0 Å². The quantitative estimate of drug-likeness (QED) is 0.219. The van der Waals surface area contributed by atoms with Gasteiger partial charge >= 0.3 is 17.8 Å². The molecule has 1 aliphatic heterocycles. The Morgan fingerprint density at radius 3 is 2.61 bits per heavy atom. The van der Waals surface area contributed by atoms with Crippen LogP contribution in [0.3, 0.4) is 0 Å². The molecular formula is C23H17ClF4N4O5S. The molecule has 1 aliphatic rings. The van der Waals surface area contributed by atoms with E-state index in [9.17, 15) is 36.7 Å². The number of amides is 1. The molecular weight excluding hydrogens is 556 g/mol. The van der Waals surface area contributed by atoms with Crippen molar-refractivity contribution in [3.05, 3.63) is 68.2 Å². The predicted octanol–water partition coefficient (Wildman–Crippen LogP) is 3.03. The van der Waals surface area contributed by atoms with Crippen LogP contribution >= 0.6 is 23.4 Å². The van der Waals surface area contributed by atoms with Crippen LogP contribution in [0.2, 0.25) is 5.02 Å². The number of thioether (sulfide) groups is 1. The first kappa shape index (κ1) is 28.7. The second kappa shape index (κ2) is 11.3. The zero-order valence-electron chi connectivity index (χ0n) is 19.4. The fourth-order valence-electron chi connectivity index (χ4n) is 3.36. The standard InChI is InChI=1S/C23H17ClF4N4O5S/c1-4-6-31-20(35)16(10-19(34)37-7-5-2)38-21(31)29-14-9-15(13(25)8-12(14)24)32-18(33)11-17(23(26,27)28)30(3)22(32)36/h2,4,8-9,11,16H,1,6-7,10H2,3H3/b29-21-. The molecule has 2 aromatic rings. The van der Waals surface area contributed by atoms with Crippen molar-refractivity contribution in [2.45, 2.75) is 17.8 Å². The summed E-state index contributed by atoms with van der Waals surface area (Å²) in [7, 11) is 0.777. The zero-order valence-corrected chi connectivity index (χ0v) is 21.0. The summed E-state index contributed by atoms with van der Waals surface area (Å²) in [5, 5.41) is -1.21. The first-order valence-electron chi connectivity index (χ1n) is 10.5. The molecule has 3 rings (SSSR count). The van der Waals surface area contributed by atoms with E-state index < -0.39 is 51.8 Å². The molecule has 0 saturated carbocycles. The van der Waals surface area contributed by atoms with Crippen molar-refractivity contribution in [2.24, 2.45) is 12.0 Å². The number of alkyl halides is 3. The van der Waals surface area contributed by atoms with Crippen molar-refractivity contribution < 1.29 is 31.9 Å². The highest BCUT2D eigenvalue weighted by molar-refractivity contribution is 8.15. The second-order valence-electron chi connectivity index (χ2n) is 7.60. The number of nitrogens with zero attached hydrogens (tertiary/aromatic N) is 4. The summed E-state index contributed by atoms with van der Waals surface area (Å²) >= 11 is 6.98. The second-order valence-corrected chi connectivity index (χ2v) is 9.18. The van der Waals surface area contributed by atoms with Crippen molar-refractivity contribution >= 4 is 46.1 Å². The molecule has 38 heavy (non-hydrogen) atoms. The summed E-state index contributed by atoms with van der Waals surface area (Å²) in [5.74, 6) is -0.309. The van der Waals surface area contributed by atoms with Gasteiger partial charge in [0.05, 0.1) is 22.8 Å². The molecule has 1 aromatic carbocycles. The van der Waals surface area contributed by atoms with E-state index in [1.807, 2.05) is 0 Å². The third kappa shape index (κ3) is 5.84. The summed E-state index contributed by atoms with van der Waals surface area (Å²) in [6.45, 7) is 3.26. The Bertz CT molecular complexity index is 1510. The van der Waals surface area contributed by atoms with Crippen LogP contribution in [0.25, 0.3) is 5.69 Å². The SMILES string of the molecule is C#CCOC(=O)CC1S/C(=N\c2cc(-n3c(=O)cc(C(F)(F)F)n(C)c3=O)c(F)cc2Cl)N(CC=C)C1=O. The average Bonchev–Trinajstić information content (AvgIpc) is 3.11. The van der Waals surface area contributed by atoms with Gasteiger partial charge in [-0.1, -0.05) is 35.4 Å². The van der Waals surface area contributed by atoms with Crippen molar-refractivity contribution in [1.29, 1.82) is 0 Å². The lowest BCUT2D eigenvalue weighted by Crippen LogP contribution is -2.41. The lowest BCUT2D eigenvalue weighted by Gasteiger charge is -2.16. The van der Waals surface area contributed by atoms with Crippen LogP contribution in [0.5, 0.6) is 0 Å². The molecule has 9 nitrogen and oxygen atoms in total. The van der Waals surface area contributed by atoms with Gasteiger partial charge in [0.15, 0.2) is 11.8 Å². The molecule has 1 unspecified atom stereocenters. The number of aliphatic imine (C=N–C) groups is 1. The number of hydrogen-bond donors (Lipinski definition) is 0. The van der Waals surface area contributed by atoms with E-state index in [1.54, 1.807) is 0 Å². The van der Waals surface area contributed by atoms with E-state index in [1.165, 1.54) is 11.0 Å². The van der Waals surface area contributed by atoms with E-state index in [0.29, 0.717) is 6.07 Å². The maximum absolute atomic E-state index is 14.8. The first-order valence-corrected chi connectivity index (χ1v) is 11.7. The molecule has 1 saturated heterocycles. The van der Waals surface area contributed by atoms with Gasteiger partial charge < -0.3 is 4.74 Å². The van der Waals surface area contributed by atoms with Crippen molar-refractivity contribution in [3.63, 3.8) is 0 Å². The largest absolute Gasteiger partial charge is 0.452 e. The molecule has 1 fully saturated rings. The molecule has 0 N–H and O–H groups in total. The highest BCUT2D eigenvalue weighted by atomic mass is 35.5. The van der Waals surface area contributed by atoms with E-state index >= 15 is 0 Å². The number of rotatable bonds is 7. The summed E-state index contributed by atoms with van der Waals surface area (Å²) in [6.07, 6.45) is 1.09. The number of aromatic nitrogens is 2. The minimum Gasteiger partial charge on any atom is -0.452 e. The number of amidine groups is 1. The normalized spacial score (nSPS) is 16.6. The minimum absolute atomic E-state index is 0.0227. The molecule has 1 atom stereocenters. The van der Waals surface area contributed by atoms with Gasteiger partial charge in [0.1, 0.15) is 16.8 Å². The van der Waals surface area contributed by atoms with Gasteiger partial charge in [0.25, 0.3) is 5.56 Å². The third-order valence-electron chi connectivity index (χ3n) is 5.08. The minimum atomic E-state index is -5.01. The number of hydrogen-bond acceptors (Lipinski definition) is 7. The smallest absolute Gasteiger partial charge is 0.431 e. The number of ether oxygens (including phenoxy) is 1. The van der Waals surface area contributed by atoms with Crippen molar-refractivity contribution in [2.75, 3.05) is 13.2 Å². The Labute approximate surface area is 221 Å². The van der Waals surface area contributed by atoms with E-state index in [4.69, 9.17) is 22.8 Å². The Balaban J connectivity index is 2.09. The number of carbonyl (C=O) groups is 2. The highest BCUT2D eigenvalue weighted by Gasteiger charge is 2.39. The van der Waals surface area contributed by atoms with Crippen LogP contribution in [-0.4, -0.2) is 49.5 Å². The molecule has 1 aromatic heterocycles. The zero-order chi connectivity index (χ0) is 28.4. The number of benzene rings is 1. The maximum Gasteiger partial charge on any atom is 0.431 e. The number of halogens is 5. The maximum atomic E-state index is 14.8. The van der Waals surface area contributed by atoms with Gasteiger partial charge in [-0.3, -0.25) is 23.9 Å². The van der Waals surface area contributed by atoms with E-state index in [0.717, 1.165) is 24.9 Å². The van der Waals surface area contributed by atoms with Gasteiger partial charge in [0.2, 0.25) is 5.91 Å². The van der Waals surface area contributed by atoms with Gasteiger partial charge in [-0.25, -0.2) is 18.7 Å². The molecule has 0 radical (unpaired) electrons. The Hall–Kier alpha value is -3.83. The molecule has 1 amide bonds. The lowest BCUT2D eigenvalue weighted by molar-refractivity contribution is -0.144. The Morgan fingerprint density at radius 1 is 1.32 bits per heavy atom. The summed E-state index contributed by atoms with van der Waals surface area (Å²) < 4.78 is 59.5. The Kier molecular flexibility index (Phi) is 8.53. The van der Waals surface area contributed by atoms with Gasteiger partial charge in [-0.2, -0.15) is 13.2 Å². The van der Waals surface area contributed by atoms with Crippen molar-refractivity contribution in [3.8, 4) is 18.0 Å². The van der Waals surface area contributed by atoms with Crippen LogP contribution in [0.1, 0.15) is 12.1 Å². The van der Waals surface area contributed by atoms with Crippen LogP contribution in [-0.2, 0) is 27.5 Å². The predicted molar refractivity (Wildman–Crippen MR) is 132 cm³/mol. The van der Waals surface area contributed by atoms with Gasteiger partial charge in [0, 0.05) is 19.7 Å². The van der Waals surface area contributed by atoms with Gasteiger partial charge in [-0.05, 0) is 12.1 Å². The summed E-state index contributed by atoms with van der Waals surface area (Å²) in [4.78, 5) is 55.2. The number of carbonyl (C=O) groups excluding carboxylic acids is 2. The molecule has 0 bridgehead atoms. The lowest BCUT2D eigenvalue weighted by atomic mass is 10.2. The number of esters is 1. The Morgan fingerprint density at radius 2 is 2.00 bits per heavy atom. The van der Waals surface area contributed by atoms with Crippen LogP contribution in [0.15, 0.2) is 45.4 Å². The third-order valence-corrected chi connectivity index (χ3v) is 6.56. The fraction of sp³-hybridized carbons (Fsp3) is 0.261. The fourth-order valence-corrected chi connectivity index (χ4v) is 4.70. The van der Waals surface area contributed by atoms with Crippen LogP contribution in [0, 0.1) is 18.2 Å². The van der Waals surface area contributed by atoms with E-state index in [2.05, 4.69) is 17.5 Å². The molecule has 0 aliphatic carbocycles.